The Morgan fingerprint density at radius 1 is 1.44 bits per heavy atom. The predicted molar refractivity (Wildman–Crippen MR) is 65.5 cm³/mol. The van der Waals surface area contributed by atoms with Crippen molar-refractivity contribution in [3.05, 3.63) is 24.0 Å². The first-order valence-electron chi connectivity index (χ1n) is 5.93. The number of anilines is 1. The fourth-order valence-electron chi connectivity index (χ4n) is 2.24. The molecule has 1 heterocycles. The van der Waals surface area contributed by atoms with Gasteiger partial charge in [-0.1, -0.05) is 0 Å². The number of piperidine rings is 1. The maximum atomic E-state index is 13.8. The lowest BCUT2D eigenvalue weighted by Gasteiger charge is -2.32. The van der Waals surface area contributed by atoms with Gasteiger partial charge in [0.15, 0.2) is 0 Å². The van der Waals surface area contributed by atoms with Crippen LogP contribution in [0.3, 0.4) is 0 Å². The Hall–Kier alpha value is -1.78. The molecule has 18 heavy (non-hydrogen) atoms. The second-order valence-electron chi connectivity index (χ2n) is 4.42. The predicted octanol–water partition coefficient (Wildman–Crippen LogP) is 2.14. The average Bonchev–Trinajstić information content (AvgIpc) is 2.38. The molecule has 1 aliphatic rings. The fourth-order valence-corrected chi connectivity index (χ4v) is 2.24. The van der Waals surface area contributed by atoms with Crippen molar-refractivity contribution in [2.75, 3.05) is 25.1 Å². The molecule has 0 atom stereocenters. The zero-order chi connectivity index (χ0) is 13.1. The third kappa shape index (κ3) is 2.55. The highest BCUT2D eigenvalue weighted by Gasteiger charge is 2.25. The summed E-state index contributed by atoms with van der Waals surface area (Å²) in [6, 6.07) is 4.73. The second-order valence-corrected chi connectivity index (χ2v) is 4.42. The SMILES string of the molecule is COc1ccc(N2CCC(C(=O)O)CC2)c(F)c1. The summed E-state index contributed by atoms with van der Waals surface area (Å²) in [6.07, 6.45) is 1.11. The quantitative estimate of drug-likeness (QED) is 0.896. The Kier molecular flexibility index (Phi) is 3.69. The van der Waals surface area contributed by atoms with Crippen molar-refractivity contribution in [2.45, 2.75) is 12.8 Å². The highest BCUT2D eigenvalue weighted by Crippen LogP contribution is 2.28. The van der Waals surface area contributed by atoms with Crippen LogP contribution in [0.15, 0.2) is 18.2 Å². The monoisotopic (exact) mass is 253 g/mol. The molecule has 0 aliphatic carbocycles. The lowest BCUT2D eigenvalue weighted by atomic mass is 9.97. The molecule has 1 fully saturated rings. The summed E-state index contributed by atoms with van der Waals surface area (Å²) in [6.45, 7) is 1.14. The van der Waals surface area contributed by atoms with Crippen molar-refractivity contribution in [1.82, 2.24) is 0 Å². The maximum absolute atomic E-state index is 13.8. The van der Waals surface area contributed by atoms with Gasteiger partial charge in [-0.2, -0.15) is 0 Å². The van der Waals surface area contributed by atoms with Gasteiger partial charge in [0, 0.05) is 19.2 Å². The van der Waals surface area contributed by atoms with E-state index in [4.69, 9.17) is 9.84 Å². The van der Waals surface area contributed by atoms with Crippen LogP contribution in [0.1, 0.15) is 12.8 Å². The topological polar surface area (TPSA) is 49.8 Å². The molecule has 1 saturated heterocycles. The first-order chi connectivity index (χ1) is 8.61. The van der Waals surface area contributed by atoms with E-state index in [1.54, 1.807) is 12.1 Å². The third-order valence-electron chi connectivity index (χ3n) is 3.34. The van der Waals surface area contributed by atoms with Gasteiger partial charge >= 0.3 is 5.97 Å². The van der Waals surface area contributed by atoms with E-state index in [1.165, 1.54) is 13.2 Å². The Bertz CT molecular complexity index is 442. The van der Waals surface area contributed by atoms with Crippen molar-refractivity contribution in [3.63, 3.8) is 0 Å². The number of benzene rings is 1. The van der Waals surface area contributed by atoms with Crippen LogP contribution in [0.2, 0.25) is 0 Å². The molecule has 0 bridgehead atoms. The number of nitrogens with zero attached hydrogens (tertiary/aromatic N) is 1. The minimum atomic E-state index is -0.759. The Labute approximate surface area is 105 Å². The van der Waals surface area contributed by atoms with E-state index in [0.717, 1.165) is 0 Å². The van der Waals surface area contributed by atoms with Gasteiger partial charge in [0.2, 0.25) is 0 Å². The van der Waals surface area contributed by atoms with E-state index in [1.807, 2.05) is 4.90 Å². The van der Waals surface area contributed by atoms with Gasteiger partial charge in [0.05, 0.1) is 18.7 Å². The molecule has 0 unspecified atom stereocenters. The second kappa shape index (κ2) is 5.25. The van der Waals surface area contributed by atoms with Gasteiger partial charge in [0.1, 0.15) is 11.6 Å². The molecule has 2 rings (SSSR count). The average molecular weight is 253 g/mol. The Balaban J connectivity index is 2.07. The number of methoxy groups -OCH3 is 1. The van der Waals surface area contributed by atoms with Gasteiger partial charge in [-0.15, -0.1) is 0 Å². The molecule has 0 amide bonds. The normalized spacial score (nSPS) is 16.7. The number of ether oxygens (including phenoxy) is 1. The molecule has 1 N–H and O–H groups in total. The van der Waals surface area contributed by atoms with E-state index >= 15 is 0 Å². The number of aliphatic carboxylic acids is 1. The summed E-state index contributed by atoms with van der Waals surface area (Å²) in [5.74, 6) is -0.910. The van der Waals surface area contributed by atoms with E-state index in [-0.39, 0.29) is 11.7 Å². The summed E-state index contributed by atoms with van der Waals surface area (Å²) < 4.78 is 18.8. The van der Waals surface area contributed by atoms with E-state index in [9.17, 15) is 9.18 Å². The molecule has 0 aromatic heterocycles. The van der Waals surface area contributed by atoms with Gasteiger partial charge in [-0.3, -0.25) is 4.79 Å². The fraction of sp³-hybridized carbons (Fsp3) is 0.462. The number of carboxylic acids is 1. The molecule has 0 saturated carbocycles. The molecule has 1 aromatic carbocycles. The maximum Gasteiger partial charge on any atom is 0.306 e. The molecular weight excluding hydrogens is 237 g/mol. The summed E-state index contributed by atoms with van der Waals surface area (Å²) in [4.78, 5) is 12.7. The number of carboxylic acid groups (broad SMARTS) is 1. The van der Waals surface area contributed by atoms with E-state index < -0.39 is 5.97 Å². The van der Waals surface area contributed by atoms with Crippen LogP contribution in [0.5, 0.6) is 5.75 Å². The first kappa shape index (κ1) is 12.7. The Morgan fingerprint density at radius 2 is 2.11 bits per heavy atom. The summed E-state index contributed by atoms with van der Waals surface area (Å²) in [5.41, 5.74) is 0.514. The number of hydrogen-bond donors (Lipinski definition) is 1. The van der Waals surface area contributed by atoms with Crippen LogP contribution >= 0.6 is 0 Å². The summed E-state index contributed by atoms with van der Waals surface area (Å²) >= 11 is 0. The number of hydrogen-bond acceptors (Lipinski definition) is 3. The minimum absolute atomic E-state index is 0.303. The summed E-state index contributed by atoms with van der Waals surface area (Å²) in [5, 5.41) is 8.91. The van der Waals surface area contributed by atoms with E-state index in [0.29, 0.717) is 37.4 Å². The standard InChI is InChI=1S/C13H16FNO3/c1-18-10-2-3-12(11(14)8-10)15-6-4-9(5-7-15)13(16)17/h2-3,8-9H,4-7H2,1H3,(H,16,17). The third-order valence-corrected chi connectivity index (χ3v) is 3.34. The lowest BCUT2D eigenvalue weighted by molar-refractivity contribution is -0.142. The molecule has 0 radical (unpaired) electrons. The van der Waals surface area contributed by atoms with Crippen LogP contribution in [-0.4, -0.2) is 31.3 Å². The lowest BCUT2D eigenvalue weighted by Crippen LogP contribution is -2.36. The number of halogens is 1. The van der Waals surface area contributed by atoms with Crippen molar-refractivity contribution in [1.29, 1.82) is 0 Å². The van der Waals surface area contributed by atoms with Crippen LogP contribution in [-0.2, 0) is 4.79 Å². The van der Waals surface area contributed by atoms with Crippen molar-refractivity contribution in [3.8, 4) is 5.75 Å². The zero-order valence-corrected chi connectivity index (χ0v) is 10.2. The molecule has 0 spiro atoms. The first-order valence-corrected chi connectivity index (χ1v) is 5.93. The van der Waals surface area contributed by atoms with Crippen molar-refractivity contribution < 1.29 is 19.0 Å². The molecule has 98 valence electrons. The molecule has 4 nitrogen and oxygen atoms in total. The largest absolute Gasteiger partial charge is 0.497 e. The van der Waals surface area contributed by atoms with Gasteiger partial charge < -0.3 is 14.7 Å². The molecular formula is C13H16FNO3. The van der Waals surface area contributed by atoms with Gasteiger partial charge in [-0.05, 0) is 25.0 Å². The molecule has 1 aliphatic heterocycles. The Morgan fingerprint density at radius 3 is 2.61 bits per heavy atom. The van der Waals surface area contributed by atoms with Crippen LogP contribution in [0.25, 0.3) is 0 Å². The molecule has 1 aromatic rings. The minimum Gasteiger partial charge on any atom is -0.497 e. The van der Waals surface area contributed by atoms with Gasteiger partial charge in [0.25, 0.3) is 0 Å². The van der Waals surface area contributed by atoms with Crippen LogP contribution < -0.4 is 9.64 Å². The highest BCUT2D eigenvalue weighted by atomic mass is 19.1. The van der Waals surface area contributed by atoms with Gasteiger partial charge in [-0.25, -0.2) is 4.39 Å². The molecule has 5 heteroatoms. The zero-order valence-electron chi connectivity index (χ0n) is 10.2. The smallest absolute Gasteiger partial charge is 0.306 e. The van der Waals surface area contributed by atoms with Crippen LogP contribution in [0.4, 0.5) is 10.1 Å². The number of carbonyl (C=O) groups is 1. The summed E-state index contributed by atoms with van der Waals surface area (Å²) in [7, 11) is 1.49. The van der Waals surface area contributed by atoms with Crippen molar-refractivity contribution >= 4 is 11.7 Å². The number of rotatable bonds is 3. The van der Waals surface area contributed by atoms with Crippen LogP contribution in [0, 0.1) is 11.7 Å². The van der Waals surface area contributed by atoms with E-state index in [2.05, 4.69) is 0 Å². The highest BCUT2D eigenvalue weighted by molar-refractivity contribution is 5.70. The van der Waals surface area contributed by atoms with Crippen molar-refractivity contribution in [2.24, 2.45) is 5.92 Å².